The van der Waals surface area contributed by atoms with Gasteiger partial charge in [0.1, 0.15) is 5.82 Å². The van der Waals surface area contributed by atoms with Crippen LogP contribution in [0.25, 0.3) is 0 Å². The van der Waals surface area contributed by atoms with Crippen LogP contribution in [0.5, 0.6) is 0 Å². The van der Waals surface area contributed by atoms with Gasteiger partial charge >= 0.3 is 0 Å². The fraction of sp³-hybridized carbons (Fsp3) is 0.700. The lowest BCUT2D eigenvalue weighted by Crippen LogP contribution is -2.33. The highest BCUT2D eigenvalue weighted by Gasteiger charge is 2.26. The van der Waals surface area contributed by atoms with Crippen LogP contribution in [-0.4, -0.2) is 28.5 Å². The molecule has 1 aromatic heterocycles. The first kappa shape index (κ1) is 8.75. The van der Waals surface area contributed by atoms with Gasteiger partial charge in [-0.25, -0.2) is 4.98 Å². The largest absolute Gasteiger partial charge is 0.347 e. The van der Waals surface area contributed by atoms with Crippen molar-refractivity contribution in [3.05, 3.63) is 18.2 Å². The lowest BCUT2D eigenvalue weighted by Gasteiger charge is -2.34. The van der Waals surface area contributed by atoms with Gasteiger partial charge in [-0.1, -0.05) is 6.92 Å². The summed E-state index contributed by atoms with van der Waals surface area (Å²) in [6.45, 7) is 3.51. The molecule has 2 unspecified atom stereocenters. The summed E-state index contributed by atoms with van der Waals surface area (Å²) >= 11 is 0. The number of imidazole rings is 1. The molecular formula is C10H17N3. The molecule has 0 radical (unpaired) electrons. The number of nitrogens with zero attached hydrogens (tertiary/aromatic N) is 2. The molecule has 0 bridgehead atoms. The molecule has 0 saturated carbocycles. The molecule has 2 atom stereocenters. The second-order valence-corrected chi connectivity index (χ2v) is 4.10. The van der Waals surface area contributed by atoms with Crippen LogP contribution in [0.2, 0.25) is 0 Å². The van der Waals surface area contributed by atoms with Crippen molar-refractivity contribution in [2.75, 3.05) is 13.6 Å². The van der Waals surface area contributed by atoms with Gasteiger partial charge in [-0.05, 0) is 32.4 Å². The van der Waals surface area contributed by atoms with Crippen molar-refractivity contribution < 1.29 is 0 Å². The fourth-order valence-corrected chi connectivity index (χ4v) is 2.04. The van der Waals surface area contributed by atoms with Gasteiger partial charge in [0.15, 0.2) is 0 Å². The van der Waals surface area contributed by atoms with E-state index >= 15 is 0 Å². The second kappa shape index (κ2) is 3.50. The summed E-state index contributed by atoms with van der Waals surface area (Å²) in [6, 6.07) is 0.499. The van der Waals surface area contributed by atoms with Crippen LogP contribution in [-0.2, 0) is 0 Å². The Bertz CT molecular complexity index is 255. The molecule has 1 aliphatic heterocycles. The molecule has 1 N–H and O–H groups in total. The Morgan fingerprint density at radius 1 is 1.62 bits per heavy atom. The van der Waals surface area contributed by atoms with Crippen molar-refractivity contribution in [1.82, 2.24) is 14.9 Å². The third-order valence-corrected chi connectivity index (χ3v) is 2.97. The van der Waals surface area contributed by atoms with Crippen molar-refractivity contribution >= 4 is 0 Å². The van der Waals surface area contributed by atoms with E-state index in [0.717, 1.165) is 11.7 Å². The number of piperidine rings is 1. The maximum absolute atomic E-state index is 4.33. The van der Waals surface area contributed by atoms with E-state index in [2.05, 4.69) is 28.8 Å². The van der Waals surface area contributed by atoms with E-state index in [-0.39, 0.29) is 0 Å². The molecular weight excluding hydrogens is 162 g/mol. The van der Waals surface area contributed by atoms with Crippen molar-refractivity contribution in [1.29, 1.82) is 0 Å². The van der Waals surface area contributed by atoms with Crippen molar-refractivity contribution in [3.8, 4) is 0 Å². The quantitative estimate of drug-likeness (QED) is 0.713. The number of aromatic amines is 1. The maximum Gasteiger partial charge on any atom is 0.123 e. The first-order valence-electron chi connectivity index (χ1n) is 4.97. The third-order valence-electron chi connectivity index (χ3n) is 2.97. The summed E-state index contributed by atoms with van der Waals surface area (Å²) in [6.07, 6.45) is 6.28. The Balaban J connectivity index is 2.12. The Hall–Kier alpha value is -0.830. The highest BCUT2D eigenvalue weighted by molar-refractivity contribution is 4.98. The molecule has 0 aliphatic carbocycles. The van der Waals surface area contributed by atoms with Crippen LogP contribution in [0.15, 0.2) is 12.4 Å². The third kappa shape index (κ3) is 1.75. The lowest BCUT2D eigenvalue weighted by atomic mass is 9.92. The van der Waals surface area contributed by atoms with Gasteiger partial charge in [-0.15, -0.1) is 0 Å². The summed E-state index contributed by atoms with van der Waals surface area (Å²) in [5, 5.41) is 0. The van der Waals surface area contributed by atoms with Crippen molar-refractivity contribution in [2.45, 2.75) is 25.8 Å². The molecule has 1 aromatic rings. The van der Waals surface area contributed by atoms with Gasteiger partial charge in [0.2, 0.25) is 0 Å². The zero-order valence-corrected chi connectivity index (χ0v) is 8.33. The molecule has 72 valence electrons. The molecule has 2 heterocycles. The molecule has 0 aromatic carbocycles. The van der Waals surface area contributed by atoms with Crippen LogP contribution in [0.3, 0.4) is 0 Å². The van der Waals surface area contributed by atoms with E-state index in [9.17, 15) is 0 Å². The molecule has 2 rings (SSSR count). The van der Waals surface area contributed by atoms with Crippen LogP contribution in [0.4, 0.5) is 0 Å². The normalized spacial score (nSPS) is 30.6. The smallest absolute Gasteiger partial charge is 0.123 e. The summed E-state index contributed by atoms with van der Waals surface area (Å²) in [7, 11) is 2.18. The SMILES string of the molecule is CC1CCN(C)C(c2ncc[nH]2)C1. The topological polar surface area (TPSA) is 31.9 Å². The van der Waals surface area contributed by atoms with E-state index in [0.29, 0.717) is 6.04 Å². The molecule has 1 saturated heterocycles. The number of hydrogen-bond donors (Lipinski definition) is 1. The lowest BCUT2D eigenvalue weighted by molar-refractivity contribution is 0.144. The number of hydrogen-bond acceptors (Lipinski definition) is 2. The number of rotatable bonds is 1. The number of likely N-dealkylation sites (tertiary alicyclic amines) is 1. The van der Waals surface area contributed by atoms with Crippen LogP contribution in [0, 0.1) is 5.92 Å². The highest BCUT2D eigenvalue weighted by Crippen LogP contribution is 2.30. The molecule has 1 aliphatic rings. The molecule has 3 heteroatoms. The molecule has 3 nitrogen and oxygen atoms in total. The Morgan fingerprint density at radius 2 is 2.46 bits per heavy atom. The van der Waals surface area contributed by atoms with E-state index < -0.39 is 0 Å². The first-order chi connectivity index (χ1) is 6.27. The number of nitrogens with one attached hydrogen (secondary N) is 1. The molecule has 0 spiro atoms. The van der Waals surface area contributed by atoms with Gasteiger partial charge in [-0.2, -0.15) is 0 Å². The maximum atomic E-state index is 4.33. The monoisotopic (exact) mass is 179 g/mol. The highest BCUT2D eigenvalue weighted by atomic mass is 15.2. The van der Waals surface area contributed by atoms with Crippen molar-refractivity contribution in [3.63, 3.8) is 0 Å². The molecule has 0 amide bonds. The van der Waals surface area contributed by atoms with Gasteiger partial charge in [0.05, 0.1) is 6.04 Å². The molecule has 13 heavy (non-hydrogen) atoms. The zero-order chi connectivity index (χ0) is 9.26. The second-order valence-electron chi connectivity index (χ2n) is 4.10. The van der Waals surface area contributed by atoms with Gasteiger partial charge in [0, 0.05) is 12.4 Å². The minimum Gasteiger partial charge on any atom is -0.347 e. The van der Waals surface area contributed by atoms with E-state index in [4.69, 9.17) is 0 Å². The van der Waals surface area contributed by atoms with Crippen LogP contribution >= 0.6 is 0 Å². The summed E-state index contributed by atoms with van der Waals surface area (Å²) in [5.41, 5.74) is 0. The Kier molecular flexibility index (Phi) is 2.36. The average Bonchev–Trinajstić information content (AvgIpc) is 2.61. The van der Waals surface area contributed by atoms with Gasteiger partial charge in [0.25, 0.3) is 0 Å². The summed E-state index contributed by atoms with van der Waals surface area (Å²) in [5.74, 6) is 1.94. The minimum atomic E-state index is 0.499. The van der Waals surface area contributed by atoms with E-state index in [1.54, 1.807) is 0 Å². The molecule has 1 fully saturated rings. The van der Waals surface area contributed by atoms with E-state index in [1.165, 1.54) is 19.4 Å². The van der Waals surface area contributed by atoms with Gasteiger partial charge < -0.3 is 4.98 Å². The number of aromatic nitrogens is 2. The summed E-state index contributed by atoms with van der Waals surface area (Å²) in [4.78, 5) is 9.92. The fourth-order valence-electron chi connectivity index (χ4n) is 2.04. The zero-order valence-electron chi connectivity index (χ0n) is 8.33. The van der Waals surface area contributed by atoms with Crippen molar-refractivity contribution in [2.24, 2.45) is 5.92 Å². The summed E-state index contributed by atoms with van der Waals surface area (Å²) < 4.78 is 0. The van der Waals surface area contributed by atoms with Gasteiger partial charge in [-0.3, -0.25) is 4.90 Å². The van der Waals surface area contributed by atoms with Crippen LogP contribution < -0.4 is 0 Å². The Morgan fingerprint density at radius 3 is 3.15 bits per heavy atom. The predicted molar refractivity (Wildman–Crippen MR) is 52.4 cm³/mol. The standard InChI is InChI=1S/C10H17N3/c1-8-3-6-13(2)9(7-8)10-11-4-5-12-10/h4-5,8-9H,3,6-7H2,1-2H3,(H,11,12). The minimum absolute atomic E-state index is 0.499. The van der Waals surface area contributed by atoms with Crippen LogP contribution in [0.1, 0.15) is 31.6 Å². The first-order valence-corrected chi connectivity index (χ1v) is 4.97. The van der Waals surface area contributed by atoms with E-state index in [1.807, 2.05) is 12.4 Å². The average molecular weight is 179 g/mol. The number of H-pyrrole nitrogens is 1. The predicted octanol–water partition coefficient (Wildman–Crippen LogP) is 1.81. The Labute approximate surface area is 79.2 Å².